The summed E-state index contributed by atoms with van der Waals surface area (Å²) in [5.41, 5.74) is 0.964. The van der Waals surface area contributed by atoms with Crippen LogP contribution in [0.3, 0.4) is 0 Å². The van der Waals surface area contributed by atoms with Crippen molar-refractivity contribution in [3.63, 3.8) is 0 Å². The highest BCUT2D eigenvalue weighted by molar-refractivity contribution is 5.97. The summed E-state index contributed by atoms with van der Waals surface area (Å²) in [6.07, 6.45) is 1.40. The van der Waals surface area contributed by atoms with Crippen LogP contribution in [-0.2, 0) is 4.79 Å². The molecule has 2 rings (SSSR count). The van der Waals surface area contributed by atoms with E-state index in [1.165, 1.54) is 24.3 Å². The maximum absolute atomic E-state index is 11.9. The first-order chi connectivity index (χ1) is 10.1. The van der Waals surface area contributed by atoms with Gasteiger partial charge in [0.25, 0.3) is 5.91 Å². The van der Waals surface area contributed by atoms with E-state index in [1.54, 1.807) is 30.3 Å². The number of furan rings is 1. The van der Waals surface area contributed by atoms with E-state index in [-0.39, 0.29) is 24.1 Å². The first kappa shape index (κ1) is 14.3. The molecule has 2 aromatic rings. The molecule has 106 valence electrons. The number of benzene rings is 1. The number of carbonyl (C=O) groups excluding carboxylic acids is 2. The summed E-state index contributed by atoms with van der Waals surface area (Å²) in [6, 6.07) is 11.7. The number of hydrogen-bond donors (Lipinski definition) is 1. The first-order valence-electron chi connectivity index (χ1n) is 6.19. The molecule has 1 heterocycles. The summed E-state index contributed by atoms with van der Waals surface area (Å²) in [7, 11) is 1.51. The zero-order valence-electron chi connectivity index (χ0n) is 11.4. The molecule has 0 saturated carbocycles. The van der Waals surface area contributed by atoms with Crippen molar-refractivity contribution in [3.8, 4) is 6.07 Å². The third-order valence-corrected chi connectivity index (χ3v) is 2.73. The van der Waals surface area contributed by atoms with Crippen molar-refractivity contribution in [2.45, 2.75) is 0 Å². The van der Waals surface area contributed by atoms with Gasteiger partial charge in [0.05, 0.1) is 24.4 Å². The van der Waals surface area contributed by atoms with Crippen LogP contribution in [0.4, 0.5) is 5.69 Å². The Kier molecular flexibility index (Phi) is 4.36. The molecule has 0 radical (unpaired) electrons. The lowest BCUT2D eigenvalue weighted by molar-refractivity contribution is -0.116. The van der Waals surface area contributed by atoms with Gasteiger partial charge < -0.3 is 14.6 Å². The van der Waals surface area contributed by atoms with Crippen LogP contribution < -0.4 is 5.32 Å². The van der Waals surface area contributed by atoms with Gasteiger partial charge >= 0.3 is 0 Å². The fourth-order valence-electron chi connectivity index (χ4n) is 1.74. The van der Waals surface area contributed by atoms with E-state index in [9.17, 15) is 9.59 Å². The minimum absolute atomic E-state index is 0.115. The van der Waals surface area contributed by atoms with Gasteiger partial charge in [0.1, 0.15) is 0 Å². The highest BCUT2D eigenvalue weighted by atomic mass is 16.3. The van der Waals surface area contributed by atoms with Crippen molar-refractivity contribution < 1.29 is 14.0 Å². The molecule has 0 aliphatic heterocycles. The Bertz CT molecular complexity index is 686. The average Bonchev–Trinajstić information content (AvgIpc) is 3.00. The summed E-state index contributed by atoms with van der Waals surface area (Å²) in [5, 5.41) is 11.4. The van der Waals surface area contributed by atoms with Gasteiger partial charge in [-0.2, -0.15) is 5.26 Å². The summed E-state index contributed by atoms with van der Waals surface area (Å²) < 4.78 is 4.99. The Balaban J connectivity index is 1.95. The van der Waals surface area contributed by atoms with Gasteiger partial charge in [-0.3, -0.25) is 9.59 Å². The molecular formula is C15H13N3O3. The molecule has 2 amide bonds. The number of nitrogens with one attached hydrogen (secondary N) is 1. The Hall–Kier alpha value is -3.07. The predicted octanol–water partition coefficient (Wildman–Crippen LogP) is 1.86. The van der Waals surface area contributed by atoms with Crippen LogP contribution in [0.25, 0.3) is 0 Å². The number of likely N-dealkylation sites (N-methyl/N-ethyl adjacent to an activating group) is 1. The van der Waals surface area contributed by atoms with Crippen LogP contribution in [0.1, 0.15) is 16.1 Å². The van der Waals surface area contributed by atoms with E-state index in [4.69, 9.17) is 9.68 Å². The molecule has 6 nitrogen and oxygen atoms in total. The molecule has 1 aromatic heterocycles. The van der Waals surface area contributed by atoms with Crippen LogP contribution in [0.2, 0.25) is 0 Å². The first-order valence-corrected chi connectivity index (χ1v) is 6.19. The van der Waals surface area contributed by atoms with E-state index in [0.29, 0.717) is 11.3 Å². The number of nitrogens with zero attached hydrogens (tertiary/aromatic N) is 2. The van der Waals surface area contributed by atoms with Gasteiger partial charge in [0.15, 0.2) is 5.76 Å². The van der Waals surface area contributed by atoms with Crippen molar-refractivity contribution in [2.75, 3.05) is 18.9 Å². The maximum Gasteiger partial charge on any atom is 0.289 e. The standard InChI is InChI=1S/C15H13N3O3/c1-18(15(20)13-6-3-7-21-13)10-14(19)17-12-5-2-4-11(8-12)9-16/h2-8H,10H2,1H3,(H,17,19). The van der Waals surface area contributed by atoms with E-state index < -0.39 is 0 Å². The van der Waals surface area contributed by atoms with Crippen LogP contribution in [0.15, 0.2) is 47.1 Å². The molecule has 21 heavy (non-hydrogen) atoms. The Morgan fingerprint density at radius 3 is 2.81 bits per heavy atom. The lowest BCUT2D eigenvalue weighted by Crippen LogP contribution is -2.34. The second-order valence-electron chi connectivity index (χ2n) is 4.38. The van der Waals surface area contributed by atoms with Gasteiger partial charge in [-0.25, -0.2) is 0 Å². The minimum atomic E-state index is -0.374. The largest absolute Gasteiger partial charge is 0.459 e. The summed E-state index contributed by atoms with van der Waals surface area (Å²) >= 11 is 0. The molecule has 0 spiro atoms. The van der Waals surface area contributed by atoms with Gasteiger partial charge in [0, 0.05) is 12.7 Å². The Morgan fingerprint density at radius 2 is 2.14 bits per heavy atom. The molecule has 0 atom stereocenters. The SMILES string of the molecule is CN(CC(=O)Nc1cccc(C#N)c1)C(=O)c1ccco1. The monoisotopic (exact) mass is 283 g/mol. The van der Waals surface area contributed by atoms with Gasteiger partial charge in [-0.1, -0.05) is 6.07 Å². The van der Waals surface area contributed by atoms with E-state index in [1.807, 2.05) is 6.07 Å². The van der Waals surface area contributed by atoms with Crippen LogP contribution in [0, 0.1) is 11.3 Å². The van der Waals surface area contributed by atoms with Crippen molar-refractivity contribution in [2.24, 2.45) is 0 Å². The number of rotatable bonds is 4. The van der Waals surface area contributed by atoms with Gasteiger partial charge in [-0.05, 0) is 30.3 Å². The topological polar surface area (TPSA) is 86.3 Å². The highest BCUT2D eigenvalue weighted by Crippen LogP contribution is 2.10. The quantitative estimate of drug-likeness (QED) is 0.927. The molecule has 0 bridgehead atoms. The molecule has 6 heteroatoms. The van der Waals surface area contributed by atoms with Crippen molar-refractivity contribution in [1.82, 2.24) is 4.90 Å². The molecule has 0 aliphatic rings. The van der Waals surface area contributed by atoms with E-state index >= 15 is 0 Å². The van der Waals surface area contributed by atoms with Crippen LogP contribution in [-0.4, -0.2) is 30.3 Å². The molecule has 0 unspecified atom stereocenters. The number of nitriles is 1. The molecule has 0 saturated heterocycles. The average molecular weight is 283 g/mol. The molecule has 1 N–H and O–H groups in total. The number of amides is 2. The third kappa shape index (κ3) is 3.70. The second kappa shape index (κ2) is 6.39. The number of hydrogen-bond acceptors (Lipinski definition) is 4. The fraction of sp³-hybridized carbons (Fsp3) is 0.133. The van der Waals surface area contributed by atoms with E-state index in [2.05, 4.69) is 5.32 Å². The van der Waals surface area contributed by atoms with Crippen molar-refractivity contribution in [3.05, 3.63) is 54.0 Å². The molecule has 0 aliphatic carbocycles. The summed E-state index contributed by atoms with van der Waals surface area (Å²) in [5.74, 6) is -0.551. The second-order valence-corrected chi connectivity index (χ2v) is 4.38. The predicted molar refractivity (Wildman–Crippen MR) is 75.5 cm³/mol. The Labute approximate surface area is 121 Å². The zero-order valence-corrected chi connectivity index (χ0v) is 11.4. The van der Waals surface area contributed by atoms with Gasteiger partial charge in [-0.15, -0.1) is 0 Å². The maximum atomic E-state index is 11.9. The lowest BCUT2D eigenvalue weighted by Gasteiger charge is -2.15. The van der Waals surface area contributed by atoms with Gasteiger partial charge in [0.2, 0.25) is 5.91 Å². The van der Waals surface area contributed by atoms with E-state index in [0.717, 1.165) is 0 Å². The number of anilines is 1. The summed E-state index contributed by atoms with van der Waals surface area (Å²) in [4.78, 5) is 25.0. The number of carbonyl (C=O) groups is 2. The third-order valence-electron chi connectivity index (χ3n) is 2.73. The van der Waals surface area contributed by atoms with Crippen LogP contribution in [0.5, 0.6) is 0 Å². The normalized spacial score (nSPS) is 9.71. The Morgan fingerprint density at radius 1 is 1.33 bits per heavy atom. The molecule has 0 fully saturated rings. The molecular weight excluding hydrogens is 270 g/mol. The van der Waals surface area contributed by atoms with Crippen molar-refractivity contribution in [1.29, 1.82) is 5.26 Å². The van der Waals surface area contributed by atoms with Crippen molar-refractivity contribution >= 4 is 17.5 Å². The lowest BCUT2D eigenvalue weighted by atomic mass is 10.2. The fourth-order valence-corrected chi connectivity index (χ4v) is 1.74. The molecule has 1 aromatic carbocycles. The zero-order chi connectivity index (χ0) is 15.2. The van der Waals surface area contributed by atoms with Crippen LogP contribution >= 0.6 is 0 Å². The summed E-state index contributed by atoms with van der Waals surface area (Å²) in [6.45, 7) is -0.115. The smallest absolute Gasteiger partial charge is 0.289 e. The highest BCUT2D eigenvalue weighted by Gasteiger charge is 2.17. The minimum Gasteiger partial charge on any atom is -0.459 e.